The fraction of sp³-hybridized carbons (Fsp3) is 0.952. The summed E-state index contributed by atoms with van der Waals surface area (Å²) in [4.78, 5) is 12.2. The van der Waals surface area contributed by atoms with Crippen LogP contribution in [0.25, 0.3) is 0 Å². The van der Waals surface area contributed by atoms with Gasteiger partial charge in [0.25, 0.3) is 0 Å². The van der Waals surface area contributed by atoms with E-state index in [9.17, 15) is 20.1 Å². The fourth-order valence-corrected chi connectivity index (χ4v) is 7.98. The molecule has 0 aromatic rings. The van der Waals surface area contributed by atoms with Gasteiger partial charge in [-0.2, -0.15) is 0 Å². The van der Waals surface area contributed by atoms with Gasteiger partial charge in [0.1, 0.15) is 5.78 Å². The molecule has 142 valence electrons. The third kappa shape index (κ3) is 2.40. The lowest BCUT2D eigenvalue weighted by Gasteiger charge is -2.62. The highest BCUT2D eigenvalue weighted by Crippen LogP contribution is 2.67. The van der Waals surface area contributed by atoms with Gasteiger partial charge in [0, 0.05) is 5.92 Å². The van der Waals surface area contributed by atoms with Crippen molar-refractivity contribution >= 4 is 5.78 Å². The molecule has 0 aliphatic heterocycles. The number of hydrogen-bond acceptors (Lipinski definition) is 4. The van der Waals surface area contributed by atoms with E-state index in [-0.39, 0.29) is 40.5 Å². The van der Waals surface area contributed by atoms with Crippen molar-refractivity contribution in [1.82, 2.24) is 0 Å². The van der Waals surface area contributed by atoms with Crippen LogP contribution in [0.5, 0.6) is 0 Å². The summed E-state index contributed by atoms with van der Waals surface area (Å²) in [7, 11) is 0. The van der Waals surface area contributed by atoms with Crippen LogP contribution in [-0.4, -0.2) is 39.4 Å². The lowest BCUT2D eigenvalue weighted by atomic mass is 9.44. The van der Waals surface area contributed by atoms with Crippen LogP contribution >= 0.6 is 0 Å². The molecule has 0 bridgehead atoms. The molecule has 4 aliphatic rings. The average Bonchev–Trinajstić information content (AvgIpc) is 2.81. The van der Waals surface area contributed by atoms with Crippen LogP contribution in [0.3, 0.4) is 0 Å². The largest absolute Gasteiger partial charge is 0.393 e. The fourth-order valence-electron chi connectivity index (χ4n) is 7.98. The van der Waals surface area contributed by atoms with Crippen LogP contribution in [0.1, 0.15) is 65.7 Å². The molecule has 0 aromatic carbocycles. The van der Waals surface area contributed by atoms with Gasteiger partial charge in [-0.15, -0.1) is 0 Å². The van der Waals surface area contributed by atoms with Gasteiger partial charge in [-0.3, -0.25) is 4.79 Å². The van der Waals surface area contributed by atoms with Gasteiger partial charge in [-0.1, -0.05) is 13.8 Å². The number of fused-ring (bicyclic) bond motifs is 5. The highest BCUT2D eigenvalue weighted by atomic mass is 16.3. The number of rotatable bonds is 1. The van der Waals surface area contributed by atoms with Crippen molar-refractivity contribution < 1.29 is 20.1 Å². The Labute approximate surface area is 151 Å². The van der Waals surface area contributed by atoms with E-state index in [4.69, 9.17) is 0 Å². The summed E-state index contributed by atoms with van der Waals surface area (Å²) in [5.41, 5.74) is -0.0690. The molecule has 4 fully saturated rings. The highest BCUT2D eigenvalue weighted by Gasteiger charge is 2.64. The first-order chi connectivity index (χ1) is 11.7. The Bertz CT molecular complexity index is 562. The molecule has 0 spiro atoms. The van der Waals surface area contributed by atoms with Gasteiger partial charge in [0.2, 0.25) is 0 Å². The molecular weight excluding hydrogens is 316 g/mol. The summed E-state index contributed by atoms with van der Waals surface area (Å²) in [5.74, 6) is 1.26. The number of Topliss-reactive ketones (excluding diaryl/α,β-unsaturated/α-hetero) is 1. The molecule has 4 saturated carbocycles. The van der Waals surface area contributed by atoms with Gasteiger partial charge in [0.05, 0.1) is 18.3 Å². The van der Waals surface area contributed by atoms with E-state index < -0.39 is 12.2 Å². The molecule has 4 rings (SSSR count). The zero-order valence-electron chi connectivity index (χ0n) is 15.8. The van der Waals surface area contributed by atoms with Gasteiger partial charge in [-0.25, -0.2) is 0 Å². The minimum atomic E-state index is -0.423. The third-order valence-corrected chi connectivity index (χ3v) is 9.13. The van der Waals surface area contributed by atoms with Crippen molar-refractivity contribution in [3.63, 3.8) is 0 Å². The van der Waals surface area contributed by atoms with Gasteiger partial charge >= 0.3 is 0 Å². The molecule has 25 heavy (non-hydrogen) atoms. The van der Waals surface area contributed by atoms with E-state index in [0.29, 0.717) is 24.7 Å². The normalized spacial score (nSPS) is 58.2. The van der Waals surface area contributed by atoms with Crippen LogP contribution in [0, 0.1) is 40.4 Å². The van der Waals surface area contributed by atoms with Crippen molar-refractivity contribution in [2.24, 2.45) is 40.4 Å². The minimum Gasteiger partial charge on any atom is -0.393 e. The lowest BCUT2D eigenvalue weighted by molar-refractivity contribution is -0.180. The first kappa shape index (κ1) is 17.9. The van der Waals surface area contributed by atoms with Gasteiger partial charge < -0.3 is 15.3 Å². The Kier molecular flexibility index (Phi) is 4.14. The lowest BCUT2D eigenvalue weighted by Crippen LogP contribution is -2.59. The maximum absolute atomic E-state index is 12.2. The summed E-state index contributed by atoms with van der Waals surface area (Å²) in [6, 6.07) is 0. The smallest absolute Gasteiger partial charge is 0.133 e. The second kappa shape index (κ2) is 5.77. The summed E-state index contributed by atoms with van der Waals surface area (Å²) >= 11 is 0. The first-order valence-electron chi connectivity index (χ1n) is 10.2. The Balaban J connectivity index is 1.69. The van der Waals surface area contributed by atoms with Crippen molar-refractivity contribution in [3.05, 3.63) is 0 Å². The number of carbonyl (C=O) groups is 1. The highest BCUT2D eigenvalue weighted by molar-refractivity contribution is 5.79. The second-order valence-corrected chi connectivity index (χ2v) is 10.2. The van der Waals surface area contributed by atoms with Crippen molar-refractivity contribution in [2.75, 3.05) is 0 Å². The third-order valence-electron chi connectivity index (χ3n) is 9.13. The molecule has 1 unspecified atom stereocenters. The van der Waals surface area contributed by atoms with E-state index in [1.54, 1.807) is 6.92 Å². The number of aliphatic hydroxyl groups is 3. The van der Waals surface area contributed by atoms with E-state index in [0.717, 1.165) is 32.1 Å². The summed E-state index contributed by atoms with van der Waals surface area (Å²) < 4.78 is 0. The number of hydrogen-bond donors (Lipinski definition) is 3. The Morgan fingerprint density at radius 2 is 1.56 bits per heavy atom. The Hall–Kier alpha value is -0.450. The van der Waals surface area contributed by atoms with Gasteiger partial charge in [-0.05, 0) is 86.4 Å². The maximum atomic E-state index is 12.2. The van der Waals surface area contributed by atoms with E-state index >= 15 is 0 Å². The van der Waals surface area contributed by atoms with Crippen LogP contribution in [0.15, 0.2) is 0 Å². The Morgan fingerprint density at radius 1 is 0.880 bits per heavy atom. The number of aliphatic hydroxyl groups excluding tert-OH is 3. The second-order valence-electron chi connectivity index (χ2n) is 10.2. The molecule has 3 N–H and O–H groups in total. The number of carbonyl (C=O) groups excluding carboxylic acids is 1. The topological polar surface area (TPSA) is 77.8 Å². The predicted molar refractivity (Wildman–Crippen MR) is 94.7 cm³/mol. The molecule has 10 atom stereocenters. The molecule has 4 aliphatic carbocycles. The van der Waals surface area contributed by atoms with Crippen LogP contribution in [0.2, 0.25) is 0 Å². The maximum Gasteiger partial charge on any atom is 0.133 e. The van der Waals surface area contributed by atoms with Crippen LogP contribution in [0.4, 0.5) is 0 Å². The summed E-state index contributed by atoms with van der Waals surface area (Å²) in [6.45, 7) is 6.20. The predicted octanol–water partition coefficient (Wildman–Crippen LogP) is 2.54. The molecular formula is C21H34O4. The first-order valence-corrected chi connectivity index (χ1v) is 10.2. The molecule has 0 radical (unpaired) electrons. The molecule has 0 saturated heterocycles. The van der Waals surface area contributed by atoms with Gasteiger partial charge in [0.15, 0.2) is 0 Å². The summed E-state index contributed by atoms with van der Waals surface area (Å²) in [6.07, 6.45) is 4.80. The SMILES string of the molecule is CC(=O)[C@H]1C[C@H](O)[C@H]2[C@@H]3C[C@@H](O)C4C[C@@H](O)CC[C@]4(C)[C@H]3CC[C@@]21C. The molecule has 0 amide bonds. The van der Waals surface area contributed by atoms with Crippen LogP contribution < -0.4 is 0 Å². The average molecular weight is 350 g/mol. The van der Waals surface area contributed by atoms with E-state index in [1.165, 1.54) is 0 Å². The molecule has 4 nitrogen and oxygen atoms in total. The quantitative estimate of drug-likeness (QED) is 0.679. The zero-order valence-corrected chi connectivity index (χ0v) is 15.8. The van der Waals surface area contributed by atoms with E-state index in [1.807, 2.05) is 0 Å². The Morgan fingerprint density at radius 3 is 2.24 bits per heavy atom. The zero-order chi connectivity index (χ0) is 18.1. The summed E-state index contributed by atoms with van der Waals surface area (Å²) in [5, 5.41) is 31.9. The molecule has 0 heterocycles. The monoisotopic (exact) mass is 350 g/mol. The minimum absolute atomic E-state index is 0.0377. The van der Waals surface area contributed by atoms with Crippen LogP contribution in [-0.2, 0) is 4.79 Å². The molecule has 0 aromatic heterocycles. The van der Waals surface area contributed by atoms with E-state index in [2.05, 4.69) is 13.8 Å². The molecule has 4 heteroatoms. The van der Waals surface area contributed by atoms with Crippen molar-refractivity contribution in [3.8, 4) is 0 Å². The standard InChI is InChI=1S/C21H34O4/c1-11(22)15-10-18(25)19-13-9-17(24)16-8-12(23)4-6-20(16,2)14(13)5-7-21(15,19)3/h12-19,23-25H,4-10H2,1-3H3/t12-,13+,14-,15+,16?,17+,18-,19+,20+,21+/m0/s1. The van der Waals surface area contributed by atoms with Crippen molar-refractivity contribution in [2.45, 2.75) is 84.0 Å². The number of ketones is 1. The van der Waals surface area contributed by atoms with Crippen molar-refractivity contribution in [1.29, 1.82) is 0 Å².